The number of hydrogen-bond acceptors (Lipinski definition) is 3. The highest BCUT2D eigenvalue weighted by Gasteiger charge is 2.29. The van der Waals surface area contributed by atoms with Crippen LogP contribution in [0, 0.1) is 16.0 Å². The van der Waals surface area contributed by atoms with Crippen molar-refractivity contribution < 1.29 is 4.92 Å². The molecule has 5 heteroatoms. The van der Waals surface area contributed by atoms with Crippen LogP contribution in [0.3, 0.4) is 0 Å². The second-order valence-corrected chi connectivity index (χ2v) is 6.39. The van der Waals surface area contributed by atoms with Gasteiger partial charge in [0.2, 0.25) is 0 Å². The smallest absolute Gasteiger partial charge is 0.273 e. The van der Waals surface area contributed by atoms with E-state index in [9.17, 15) is 10.1 Å². The Morgan fingerprint density at radius 3 is 2.50 bits per heavy atom. The van der Waals surface area contributed by atoms with Crippen LogP contribution in [0.1, 0.15) is 45.6 Å². The largest absolute Gasteiger partial charge is 0.314 e. The average molecular weight is 343 g/mol. The van der Waals surface area contributed by atoms with Crippen LogP contribution >= 0.6 is 15.9 Å². The molecule has 0 saturated heterocycles. The zero-order chi connectivity index (χ0) is 15.3. The molecular formula is C15H23BrN2O2. The van der Waals surface area contributed by atoms with Crippen LogP contribution < -0.4 is 5.32 Å². The average Bonchev–Trinajstić information content (AvgIpc) is 2.35. The van der Waals surface area contributed by atoms with Gasteiger partial charge in [-0.1, -0.05) is 36.7 Å². The quantitative estimate of drug-likeness (QED) is 0.586. The topological polar surface area (TPSA) is 55.2 Å². The van der Waals surface area contributed by atoms with Gasteiger partial charge in [0.25, 0.3) is 5.69 Å². The lowest BCUT2D eigenvalue weighted by atomic mass is 9.82. The molecule has 1 aromatic carbocycles. The fraction of sp³-hybridized carbons (Fsp3) is 0.600. The van der Waals surface area contributed by atoms with Crippen LogP contribution in [-0.2, 0) is 0 Å². The van der Waals surface area contributed by atoms with Crippen molar-refractivity contribution in [1.82, 2.24) is 5.32 Å². The highest BCUT2D eigenvalue weighted by atomic mass is 79.9. The van der Waals surface area contributed by atoms with E-state index in [1.165, 1.54) is 0 Å². The van der Waals surface area contributed by atoms with Gasteiger partial charge >= 0.3 is 0 Å². The van der Waals surface area contributed by atoms with Gasteiger partial charge < -0.3 is 5.32 Å². The standard InChI is InChI=1S/C15H23BrN2O2/c1-5-8-17-11(4)15(10(2)3)13-9-12(16)6-7-14(13)18(19)20/h6-7,9-11,15,17H,5,8H2,1-4H3. The summed E-state index contributed by atoms with van der Waals surface area (Å²) in [5.74, 6) is 0.432. The fourth-order valence-corrected chi connectivity index (χ4v) is 3.04. The molecule has 0 fully saturated rings. The van der Waals surface area contributed by atoms with Crippen LogP contribution in [0.4, 0.5) is 5.69 Å². The number of hydrogen-bond donors (Lipinski definition) is 1. The first-order valence-corrected chi connectivity index (χ1v) is 7.85. The normalized spacial score (nSPS) is 14.3. The lowest BCUT2D eigenvalue weighted by Gasteiger charge is -2.28. The van der Waals surface area contributed by atoms with Crippen molar-refractivity contribution in [3.05, 3.63) is 38.3 Å². The molecule has 0 aromatic heterocycles. The van der Waals surface area contributed by atoms with E-state index < -0.39 is 0 Å². The van der Waals surface area contributed by atoms with E-state index in [0.717, 1.165) is 23.0 Å². The number of nitro groups is 1. The maximum absolute atomic E-state index is 11.3. The molecule has 0 radical (unpaired) electrons. The first-order valence-electron chi connectivity index (χ1n) is 7.05. The number of halogens is 1. The van der Waals surface area contributed by atoms with E-state index in [0.29, 0.717) is 5.92 Å². The van der Waals surface area contributed by atoms with E-state index >= 15 is 0 Å². The monoisotopic (exact) mass is 342 g/mol. The van der Waals surface area contributed by atoms with Crippen molar-refractivity contribution >= 4 is 21.6 Å². The minimum absolute atomic E-state index is 0.111. The summed E-state index contributed by atoms with van der Waals surface area (Å²) in [6.45, 7) is 9.36. The van der Waals surface area contributed by atoms with Crippen LogP contribution in [0.25, 0.3) is 0 Å². The Balaban J connectivity index is 3.20. The Morgan fingerprint density at radius 1 is 1.35 bits per heavy atom. The van der Waals surface area contributed by atoms with Crippen LogP contribution in [0.2, 0.25) is 0 Å². The third-order valence-electron chi connectivity index (χ3n) is 3.52. The Morgan fingerprint density at radius 2 is 2.00 bits per heavy atom. The third kappa shape index (κ3) is 4.28. The second kappa shape index (κ2) is 7.74. The number of rotatable bonds is 7. The summed E-state index contributed by atoms with van der Waals surface area (Å²) in [5.41, 5.74) is 1.01. The molecule has 0 amide bonds. The minimum Gasteiger partial charge on any atom is -0.314 e. The molecule has 112 valence electrons. The first kappa shape index (κ1) is 17.1. The third-order valence-corrected chi connectivity index (χ3v) is 4.01. The summed E-state index contributed by atoms with van der Waals surface area (Å²) in [4.78, 5) is 11.0. The zero-order valence-corrected chi connectivity index (χ0v) is 14.1. The van der Waals surface area contributed by atoms with Crippen LogP contribution in [0.5, 0.6) is 0 Å². The van der Waals surface area contributed by atoms with Gasteiger partial charge in [0, 0.05) is 28.1 Å². The molecule has 2 atom stereocenters. The summed E-state index contributed by atoms with van der Waals surface area (Å²) in [6.07, 6.45) is 1.05. The molecule has 2 unspecified atom stereocenters. The van der Waals surface area contributed by atoms with Gasteiger partial charge in [-0.15, -0.1) is 0 Å². The van der Waals surface area contributed by atoms with E-state index in [1.807, 2.05) is 6.07 Å². The molecule has 1 N–H and O–H groups in total. The molecule has 0 aliphatic carbocycles. The molecule has 1 rings (SSSR count). The molecule has 0 saturated carbocycles. The number of nitro benzene ring substituents is 1. The Kier molecular flexibility index (Phi) is 6.62. The lowest BCUT2D eigenvalue weighted by molar-refractivity contribution is -0.385. The predicted molar refractivity (Wildman–Crippen MR) is 86.1 cm³/mol. The summed E-state index contributed by atoms with van der Waals surface area (Å²) in [7, 11) is 0. The zero-order valence-electron chi connectivity index (χ0n) is 12.5. The Bertz CT molecular complexity index is 463. The SMILES string of the molecule is CCCNC(C)C(c1cc(Br)ccc1[N+](=O)[O-])C(C)C. The molecular weight excluding hydrogens is 320 g/mol. The number of nitrogens with one attached hydrogen (secondary N) is 1. The van der Waals surface area contributed by atoms with E-state index in [4.69, 9.17) is 0 Å². The van der Waals surface area contributed by atoms with Gasteiger partial charge in [0.05, 0.1) is 4.92 Å². The summed E-state index contributed by atoms with van der Waals surface area (Å²) in [5, 5.41) is 14.7. The number of benzene rings is 1. The summed E-state index contributed by atoms with van der Waals surface area (Å²) in [6, 6.07) is 5.39. The van der Waals surface area contributed by atoms with Crippen molar-refractivity contribution in [2.45, 2.75) is 46.1 Å². The summed E-state index contributed by atoms with van der Waals surface area (Å²) < 4.78 is 0.881. The number of nitrogens with zero attached hydrogens (tertiary/aromatic N) is 1. The van der Waals surface area contributed by atoms with Crippen molar-refractivity contribution in [1.29, 1.82) is 0 Å². The van der Waals surface area contributed by atoms with Crippen molar-refractivity contribution in [3.8, 4) is 0 Å². The van der Waals surface area contributed by atoms with Crippen LogP contribution in [-0.4, -0.2) is 17.5 Å². The lowest BCUT2D eigenvalue weighted by Crippen LogP contribution is -2.35. The molecule has 0 aliphatic rings. The first-order chi connectivity index (χ1) is 9.38. The molecule has 20 heavy (non-hydrogen) atoms. The van der Waals surface area contributed by atoms with Crippen molar-refractivity contribution in [3.63, 3.8) is 0 Å². The van der Waals surface area contributed by atoms with Crippen molar-refractivity contribution in [2.24, 2.45) is 5.92 Å². The Labute approximate surface area is 129 Å². The van der Waals surface area contributed by atoms with E-state index in [1.54, 1.807) is 12.1 Å². The molecule has 0 aliphatic heterocycles. The summed E-state index contributed by atoms with van der Waals surface area (Å²) >= 11 is 3.42. The van der Waals surface area contributed by atoms with Gasteiger partial charge in [-0.25, -0.2) is 0 Å². The van der Waals surface area contributed by atoms with Gasteiger partial charge in [0.1, 0.15) is 0 Å². The molecule has 4 nitrogen and oxygen atoms in total. The minimum atomic E-state index is -0.288. The highest BCUT2D eigenvalue weighted by Crippen LogP contribution is 2.36. The van der Waals surface area contributed by atoms with Gasteiger partial charge in [-0.05, 0) is 37.9 Å². The Hall–Kier alpha value is -0.940. The van der Waals surface area contributed by atoms with E-state index in [-0.39, 0.29) is 22.6 Å². The highest BCUT2D eigenvalue weighted by molar-refractivity contribution is 9.10. The van der Waals surface area contributed by atoms with Gasteiger partial charge in [0.15, 0.2) is 0 Å². The van der Waals surface area contributed by atoms with Crippen molar-refractivity contribution in [2.75, 3.05) is 6.54 Å². The fourth-order valence-electron chi connectivity index (χ4n) is 2.66. The van der Waals surface area contributed by atoms with Gasteiger partial charge in [-0.3, -0.25) is 10.1 Å². The second-order valence-electron chi connectivity index (χ2n) is 5.47. The van der Waals surface area contributed by atoms with Crippen LogP contribution in [0.15, 0.2) is 22.7 Å². The molecule has 0 bridgehead atoms. The van der Waals surface area contributed by atoms with Gasteiger partial charge in [-0.2, -0.15) is 0 Å². The maximum Gasteiger partial charge on any atom is 0.273 e. The molecule has 1 aromatic rings. The van der Waals surface area contributed by atoms with E-state index in [2.05, 4.69) is 48.9 Å². The maximum atomic E-state index is 11.3. The molecule has 0 spiro atoms. The molecule has 0 heterocycles. The predicted octanol–water partition coefficient (Wildman–Crippen LogP) is 4.49.